The highest BCUT2D eigenvalue weighted by molar-refractivity contribution is 7.89. The highest BCUT2D eigenvalue weighted by atomic mass is 32.2. The Hall–Kier alpha value is -2.39. The Kier molecular flexibility index (Phi) is 7.13. The second-order valence-electron chi connectivity index (χ2n) is 6.07. The van der Waals surface area contributed by atoms with E-state index >= 15 is 0 Å². The van der Waals surface area contributed by atoms with Crippen LogP contribution in [0.15, 0.2) is 35.2 Å². The highest BCUT2D eigenvalue weighted by Gasteiger charge is 2.15. The lowest BCUT2D eigenvalue weighted by Crippen LogP contribution is -2.32. The van der Waals surface area contributed by atoms with E-state index in [0.29, 0.717) is 0 Å². The van der Waals surface area contributed by atoms with Gasteiger partial charge in [-0.3, -0.25) is 4.79 Å². The fourth-order valence-corrected chi connectivity index (χ4v) is 2.62. The van der Waals surface area contributed by atoms with Crippen molar-refractivity contribution >= 4 is 28.2 Å². The molecule has 138 valence electrons. The molecule has 0 bridgehead atoms. The van der Waals surface area contributed by atoms with Gasteiger partial charge in [-0.1, -0.05) is 24.3 Å². The number of nitrogens with one attached hydrogen (secondary N) is 2. The number of aliphatic carboxylic acids is 1. The molecule has 0 radical (unpaired) electrons. The summed E-state index contributed by atoms with van der Waals surface area (Å²) < 4.78 is 30.7. The zero-order valence-electron chi connectivity index (χ0n) is 14.3. The molecule has 3 N–H and O–H groups in total. The van der Waals surface area contributed by atoms with Gasteiger partial charge in [-0.25, -0.2) is 13.2 Å². The third kappa shape index (κ3) is 8.32. The molecular weight excluding hydrogens is 348 g/mol. The van der Waals surface area contributed by atoms with Crippen LogP contribution in [-0.4, -0.2) is 44.3 Å². The van der Waals surface area contributed by atoms with Crippen molar-refractivity contribution < 1.29 is 27.9 Å². The minimum Gasteiger partial charge on any atom is -0.480 e. The maximum absolute atomic E-state index is 11.8. The first-order valence-electron chi connectivity index (χ1n) is 7.44. The van der Waals surface area contributed by atoms with Crippen molar-refractivity contribution in [1.82, 2.24) is 10.0 Å². The molecule has 0 aliphatic rings. The zero-order valence-corrected chi connectivity index (χ0v) is 15.1. The van der Waals surface area contributed by atoms with Crippen LogP contribution in [-0.2, 0) is 19.6 Å². The van der Waals surface area contributed by atoms with Gasteiger partial charge >= 0.3 is 12.1 Å². The molecular formula is C16H22N2O6S. The molecule has 0 aliphatic carbocycles. The monoisotopic (exact) mass is 370 g/mol. The molecule has 1 rings (SSSR count). The highest BCUT2D eigenvalue weighted by Crippen LogP contribution is 2.11. The van der Waals surface area contributed by atoms with Crippen LogP contribution in [0.1, 0.15) is 26.3 Å². The number of carbonyl (C=O) groups excluding carboxylic acids is 1. The van der Waals surface area contributed by atoms with E-state index in [0.717, 1.165) is 5.56 Å². The van der Waals surface area contributed by atoms with Crippen LogP contribution < -0.4 is 10.0 Å². The van der Waals surface area contributed by atoms with E-state index in [4.69, 9.17) is 9.84 Å². The van der Waals surface area contributed by atoms with Gasteiger partial charge in [-0.2, -0.15) is 4.72 Å². The topological polar surface area (TPSA) is 122 Å². The second kappa shape index (κ2) is 8.63. The van der Waals surface area contributed by atoms with E-state index < -0.39 is 34.2 Å². The zero-order chi connectivity index (χ0) is 19.1. The molecule has 0 fully saturated rings. The average molecular weight is 370 g/mol. The van der Waals surface area contributed by atoms with E-state index in [1.165, 1.54) is 12.1 Å². The van der Waals surface area contributed by atoms with Crippen LogP contribution in [0.3, 0.4) is 0 Å². The third-order valence-corrected chi connectivity index (χ3v) is 4.09. The third-order valence-electron chi connectivity index (χ3n) is 2.68. The minimum atomic E-state index is -3.85. The lowest BCUT2D eigenvalue weighted by Gasteiger charge is -2.19. The predicted molar refractivity (Wildman–Crippen MR) is 92.5 cm³/mol. The first-order valence-corrected chi connectivity index (χ1v) is 8.93. The van der Waals surface area contributed by atoms with Gasteiger partial charge in [0, 0.05) is 6.54 Å². The van der Waals surface area contributed by atoms with Crippen LogP contribution in [0.5, 0.6) is 0 Å². The van der Waals surface area contributed by atoms with Crippen molar-refractivity contribution in [1.29, 1.82) is 0 Å². The predicted octanol–water partition coefficient (Wildman–Crippen LogP) is 1.59. The number of carboxylic acid groups (broad SMARTS) is 1. The van der Waals surface area contributed by atoms with E-state index in [2.05, 4.69) is 5.32 Å². The molecule has 1 aromatic carbocycles. The number of benzene rings is 1. The van der Waals surface area contributed by atoms with Crippen LogP contribution >= 0.6 is 0 Å². The maximum atomic E-state index is 11.8. The summed E-state index contributed by atoms with van der Waals surface area (Å²) in [7, 11) is -3.85. The first kappa shape index (κ1) is 20.7. The van der Waals surface area contributed by atoms with Crippen molar-refractivity contribution in [3.8, 4) is 0 Å². The summed E-state index contributed by atoms with van der Waals surface area (Å²) in [6, 6.07) is 5.87. The van der Waals surface area contributed by atoms with Crippen molar-refractivity contribution in [2.24, 2.45) is 0 Å². The number of carboxylic acids is 1. The van der Waals surface area contributed by atoms with Gasteiger partial charge in [0.15, 0.2) is 0 Å². The lowest BCUT2D eigenvalue weighted by molar-refractivity contribution is -0.135. The smallest absolute Gasteiger partial charge is 0.407 e. The summed E-state index contributed by atoms with van der Waals surface area (Å²) in [6.07, 6.45) is 2.87. The number of ether oxygens (including phenoxy) is 1. The van der Waals surface area contributed by atoms with E-state index in [-0.39, 0.29) is 11.4 Å². The molecule has 0 heterocycles. The van der Waals surface area contributed by atoms with Crippen LogP contribution in [0.4, 0.5) is 4.79 Å². The van der Waals surface area contributed by atoms with E-state index in [1.54, 1.807) is 45.1 Å². The normalized spacial score (nSPS) is 12.1. The number of rotatable bonds is 7. The summed E-state index contributed by atoms with van der Waals surface area (Å²) in [4.78, 5) is 21.8. The largest absolute Gasteiger partial charge is 0.480 e. The molecule has 0 atom stereocenters. The van der Waals surface area contributed by atoms with Crippen molar-refractivity contribution in [3.63, 3.8) is 0 Å². The van der Waals surface area contributed by atoms with Gasteiger partial charge in [-0.05, 0) is 38.5 Å². The van der Waals surface area contributed by atoms with Crippen molar-refractivity contribution in [3.05, 3.63) is 35.9 Å². The Morgan fingerprint density at radius 3 is 2.32 bits per heavy atom. The molecule has 0 spiro atoms. The van der Waals surface area contributed by atoms with E-state index in [1.807, 2.05) is 4.72 Å². The Morgan fingerprint density at radius 1 is 1.20 bits per heavy atom. The average Bonchev–Trinajstić information content (AvgIpc) is 2.48. The van der Waals surface area contributed by atoms with Crippen molar-refractivity contribution in [2.45, 2.75) is 31.3 Å². The lowest BCUT2D eigenvalue weighted by atomic mass is 10.2. The Balaban J connectivity index is 2.57. The molecule has 25 heavy (non-hydrogen) atoms. The molecule has 8 nitrogen and oxygen atoms in total. The minimum absolute atomic E-state index is 0.0298. The van der Waals surface area contributed by atoms with Crippen LogP contribution in [0.25, 0.3) is 6.08 Å². The summed E-state index contributed by atoms with van der Waals surface area (Å²) in [5.41, 5.74) is 0.159. The van der Waals surface area contributed by atoms with Gasteiger partial charge in [0.1, 0.15) is 12.1 Å². The molecule has 0 aromatic heterocycles. The molecule has 1 amide bonds. The van der Waals surface area contributed by atoms with Crippen molar-refractivity contribution in [2.75, 3.05) is 13.1 Å². The number of hydrogen-bond donors (Lipinski definition) is 3. The van der Waals surface area contributed by atoms with E-state index in [9.17, 15) is 18.0 Å². The summed E-state index contributed by atoms with van der Waals surface area (Å²) in [6.45, 7) is 4.88. The van der Waals surface area contributed by atoms with Gasteiger partial charge in [0.05, 0.1) is 4.90 Å². The summed E-state index contributed by atoms with van der Waals surface area (Å²) in [5, 5.41) is 11.1. The SMILES string of the molecule is CC(C)(C)OC(=O)NCC=Cc1ccc(S(=O)(=O)NCC(=O)O)cc1. The number of hydrogen-bond acceptors (Lipinski definition) is 5. The van der Waals surface area contributed by atoms with Gasteiger partial charge in [0.2, 0.25) is 10.0 Å². The first-order chi connectivity index (χ1) is 11.5. The Bertz CT molecular complexity index is 733. The maximum Gasteiger partial charge on any atom is 0.407 e. The molecule has 9 heteroatoms. The number of amides is 1. The number of carbonyl (C=O) groups is 2. The Morgan fingerprint density at radius 2 is 1.80 bits per heavy atom. The molecule has 0 aliphatic heterocycles. The standard InChI is InChI=1S/C16H22N2O6S/c1-16(2,3)24-15(21)17-10-4-5-12-6-8-13(9-7-12)25(22,23)18-11-14(19)20/h4-9,18H,10-11H2,1-3H3,(H,17,21)(H,19,20). The fourth-order valence-electron chi connectivity index (χ4n) is 1.65. The number of sulfonamides is 1. The molecule has 0 saturated heterocycles. The quantitative estimate of drug-likeness (QED) is 0.670. The Labute approximate surface area is 146 Å². The molecule has 0 saturated carbocycles. The van der Waals surface area contributed by atoms with Gasteiger partial charge in [-0.15, -0.1) is 0 Å². The fraction of sp³-hybridized carbons (Fsp3) is 0.375. The summed E-state index contributed by atoms with van der Waals surface area (Å²) in [5.74, 6) is -1.26. The number of alkyl carbamates (subject to hydrolysis) is 1. The van der Waals surface area contributed by atoms with Gasteiger partial charge < -0.3 is 15.2 Å². The second-order valence-corrected chi connectivity index (χ2v) is 7.84. The summed E-state index contributed by atoms with van der Waals surface area (Å²) >= 11 is 0. The molecule has 0 unspecified atom stereocenters. The molecule has 1 aromatic rings. The van der Waals surface area contributed by atoms with Crippen LogP contribution in [0.2, 0.25) is 0 Å². The van der Waals surface area contributed by atoms with Crippen LogP contribution in [0, 0.1) is 0 Å². The van der Waals surface area contributed by atoms with Gasteiger partial charge in [0.25, 0.3) is 0 Å².